The number of alkyl halides is 1. The number of rotatable bonds is 4. The lowest BCUT2D eigenvalue weighted by Crippen LogP contribution is -2.21. The average Bonchev–Trinajstić information content (AvgIpc) is 2.67. The minimum atomic E-state index is 0.0293. The van der Waals surface area contributed by atoms with Crippen molar-refractivity contribution in [3.8, 4) is 0 Å². The maximum absolute atomic E-state index is 6.10. The first-order chi connectivity index (χ1) is 8.50. The second-order valence-corrected chi connectivity index (χ2v) is 6.42. The lowest BCUT2D eigenvalue weighted by Gasteiger charge is -2.22. The molecular weight excluding hydrogens is 267 g/mol. The Morgan fingerprint density at radius 2 is 2.00 bits per heavy atom. The standard InChI is InChI=1S/C15H20Cl2O/c1-15(2)8-7-14(18-15)9-12(10-16)11-3-5-13(17)6-4-11/h3-6,12,14H,7-10H2,1-2H3. The van der Waals surface area contributed by atoms with Gasteiger partial charge >= 0.3 is 0 Å². The summed E-state index contributed by atoms with van der Waals surface area (Å²) in [4.78, 5) is 0. The smallest absolute Gasteiger partial charge is 0.0631 e. The zero-order chi connectivity index (χ0) is 13.2. The molecule has 0 radical (unpaired) electrons. The highest BCUT2D eigenvalue weighted by molar-refractivity contribution is 6.30. The molecule has 0 spiro atoms. The van der Waals surface area contributed by atoms with Gasteiger partial charge in [0.1, 0.15) is 0 Å². The summed E-state index contributed by atoms with van der Waals surface area (Å²) in [5.74, 6) is 0.977. The number of hydrogen-bond donors (Lipinski definition) is 0. The van der Waals surface area contributed by atoms with Crippen LogP contribution in [0.25, 0.3) is 0 Å². The van der Waals surface area contributed by atoms with Crippen molar-refractivity contribution in [3.05, 3.63) is 34.9 Å². The van der Waals surface area contributed by atoms with E-state index >= 15 is 0 Å². The van der Waals surface area contributed by atoms with E-state index in [1.807, 2.05) is 12.1 Å². The van der Waals surface area contributed by atoms with Gasteiger partial charge in [0, 0.05) is 10.9 Å². The van der Waals surface area contributed by atoms with Crippen molar-refractivity contribution in [1.29, 1.82) is 0 Å². The predicted molar refractivity (Wildman–Crippen MR) is 77.7 cm³/mol. The number of benzene rings is 1. The average molecular weight is 287 g/mol. The Hall–Kier alpha value is -0.240. The molecule has 3 heteroatoms. The molecule has 0 aromatic heterocycles. The van der Waals surface area contributed by atoms with Crippen LogP contribution < -0.4 is 0 Å². The van der Waals surface area contributed by atoms with Gasteiger partial charge in [0.05, 0.1) is 11.7 Å². The first-order valence-corrected chi connectivity index (χ1v) is 7.41. The van der Waals surface area contributed by atoms with E-state index in [9.17, 15) is 0 Å². The molecule has 1 fully saturated rings. The molecule has 1 aliphatic rings. The van der Waals surface area contributed by atoms with Crippen LogP contribution in [0, 0.1) is 0 Å². The van der Waals surface area contributed by atoms with Gasteiger partial charge in [-0.3, -0.25) is 0 Å². The van der Waals surface area contributed by atoms with Crippen molar-refractivity contribution in [2.45, 2.75) is 50.7 Å². The van der Waals surface area contributed by atoms with E-state index in [2.05, 4.69) is 26.0 Å². The first-order valence-electron chi connectivity index (χ1n) is 6.49. The van der Waals surface area contributed by atoms with Crippen molar-refractivity contribution in [1.82, 2.24) is 0 Å². The van der Waals surface area contributed by atoms with Gasteiger partial charge in [0.2, 0.25) is 0 Å². The lowest BCUT2D eigenvalue weighted by molar-refractivity contribution is -0.0202. The van der Waals surface area contributed by atoms with Crippen LogP contribution in [0.4, 0.5) is 0 Å². The summed E-state index contributed by atoms with van der Waals surface area (Å²) in [6, 6.07) is 7.98. The van der Waals surface area contributed by atoms with E-state index < -0.39 is 0 Å². The first kappa shape index (κ1) is 14.2. The van der Waals surface area contributed by atoms with Gasteiger partial charge in [-0.15, -0.1) is 11.6 Å². The highest BCUT2D eigenvalue weighted by atomic mass is 35.5. The maximum atomic E-state index is 6.10. The van der Waals surface area contributed by atoms with Crippen LogP contribution in [-0.2, 0) is 4.74 Å². The molecule has 2 rings (SSSR count). The molecule has 0 N–H and O–H groups in total. The van der Waals surface area contributed by atoms with Crippen LogP contribution in [-0.4, -0.2) is 17.6 Å². The van der Waals surface area contributed by atoms with Crippen LogP contribution in [0.5, 0.6) is 0 Å². The van der Waals surface area contributed by atoms with Crippen molar-refractivity contribution >= 4 is 23.2 Å². The Bertz CT molecular complexity index is 386. The molecule has 18 heavy (non-hydrogen) atoms. The van der Waals surface area contributed by atoms with Crippen LogP contribution in [0.2, 0.25) is 5.02 Å². The molecule has 100 valence electrons. The molecule has 1 aromatic rings. The van der Waals surface area contributed by atoms with Gasteiger partial charge in [0.25, 0.3) is 0 Å². The van der Waals surface area contributed by atoms with Crippen LogP contribution >= 0.6 is 23.2 Å². The van der Waals surface area contributed by atoms with Gasteiger partial charge in [-0.25, -0.2) is 0 Å². The molecule has 1 heterocycles. The highest BCUT2D eigenvalue weighted by Gasteiger charge is 2.33. The quantitative estimate of drug-likeness (QED) is 0.707. The zero-order valence-electron chi connectivity index (χ0n) is 11.0. The molecule has 0 amide bonds. The third-order valence-corrected chi connectivity index (χ3v) is 4.25. The zero-order valence-corrected chi connectivity index (χ0v) is 12.5. The maximum Gasteiger partial charge on any atom is 0.0631 e. The fourth-order valence-electron chi connectivity index (χ4n) is 2.58. The molecule has 1 aromatic carbocycles. The Balaban J connectivity index is 2.00. The van der Waals surface area contributed by atoms with E-state index in [1.54, 1.807) is 0 Å². The summed E-state index contributed by atoms with van der Waals surface area (Å²) in [6.07, 6.45) is 3.59. The summed E-state index contributed by atoms with van der Waals surface area (Å²) in [5, 5.41) is 0.769. The van der Waals surface area contributed by atoms with E-state index in [0.717, 1.165) is 24.3 Å². The van der Waals surface area contributed by atoms with Gasteiger partial charge in [-0.2, -0.15) is 0 Å². The second kappa shape index (κ2) is 5.81. The molecule has 0 bridgehead atoms. The third-order valence-electron chi connectivity index (χ3n) is 3.63. The molecule has 1 saturated heterocycles. The monoisotopic (exact) mass is 286 g/mol. The van der Waals surface area contributed by atoms with E-state index in [1.165, 1.54) is 5.56 Å². The molecule has 1 nitrogen and oxygen atoms in total. The van der Waals surface area contributed by atoms with Gasteiger partial charge in [-0.05, 0) is 56.7 Å². The Kier molecular flexibility index (Phi) is 4.58. The summed E-state index contributed by atoms with van der Waals surface area (Å²) >= 11 is 12.0. The van der Waals surface area contributed by atoms with Crippen LogP contribution in [0.15, 0.2) is 24.3 Å². The SMILES string of the molecule is CC1(C)CCC(CC(CCl)c2ccc(Cl)cc2)O1. The minimum absolute atomic E-state index is 0.0293. The lowest BCUT2D eigenvalue weighted by atomic mass is 9.93. The fraction of sp³-hybridized carbons (Fsp3) is 0.600. The summed E-state index contributed by atoms with van der Waals surface area (Å²) in [6.45, 7) is 4.32. The van der Waals surface area contributed by atoms with E-state index in [4.69, 9.17) is 27.9 Å². The minimum Gasteiger partial charge on any atom is -0.372 e. The normalized spacial score (nSPS) is 24.1. The van der Waals surface area contributed by atoms with Crippen molar-refractivity contribution in [3.63, 3.8) is 0 Å². The fourth-order valence-corrected chi connectivity index (χ4v) is 3.01. The Labute approximate surface area is 119 Å². The van der Waals surface area contributed by atoms with Gasteiger partial charge < -0.3 is 4.74 Å². The summed E-state index contributed by atoms with van der Waals surface area (Å²) < 4.78 is 6.04. The van der Waals surface area contributed by atoms with Crippen molar-refractivity contribution in [2.24, 2.45) is 0 Å². The highest BCUT2D eigenvalue weighted by Crippen LogP contribution is 2.35. The largest absolute Gasteiger partial charge is 0.372 e. The molecular formula is C15H20Cl2O. The second-order valence-electron chi connectivity index (χ2n) is 5.68. The molecule has 2 atom stereocenters. The number of ether oxygens (including phenoxy) is 1. The van der Waals surface area contributed by atoms with Crippen LogP contribution in [0.1, 0.15) is 44.6 Å². The molecule has 0 saturated carbocycles. The molecule has 0 aliphatic carbocycles. The van der Waals surface area contributed by atoms with E-state index in [-0.39, 0.29) is 5.60 Å². The molecule has 2 unspecified atom stereocenters. The van der Waals surface area contributed by atoms with Gasteiger partial charge in [0.15, 0.2) is 0 Å². The third kappa shape index (κ3) is 3.63. The Morgan fingerprint density at radius 1 is 1.33 bits per heavy atom. The number of hydrogen-bond acceptors (Lipinski definition) is 1. The van der Waals surface area contributed by atoms with Gasteiger partial charge in [-0.1, -0.05) is 23.7 Å². The summed E-state index contributed by atoms with van der Waals surface area (Å²) in [7, 11) is 0. The predicted octanol–water partition coefficient (Wildman–Crippen LogP) is 5.01. The summed E-state index contributed by atoms with van der Waals surface area (Å²) in [5.41, 5.74) is 1.28. The Morgan fingerprint density at radius 3 is 2.50 bits per heavy atom. The topological polar surface area (TPSA) is 9.23 Å². The van der Waals surface area contributed by atoms with Crippen molar-refractivity contribution in [2.75, 3.05) is 5.88 Å². The molecule has 1 aliphatic heterocycles. The number of halogens is 2. The van der Waals surface area contributed by atoms with Crippen molar-refractivity contribution < 1.29 is 4.74 Å². The van der Waals surface area contributed by atoms with E-state index in [0.29, 0.717) is 17.9 Å². The van der Waals surface area contributed by atoms with Crippen LogP contribution in [0.3, 0.4) is 0 Å².